The van der Waals surface area contributed by atoms with Gasteiger partial charge in [-0.05, 0) is 43.2 Å². The summed E-state index contributed by atoms with van der Waals surface area (Å²) < 4.78 is 11.2. The van der Waals surface area contributed by atoms with Crippen molar-refractivity contribution in [3.05, 3.63) is 81.2 Å². The maximum absolute atomic E-state index is 12.2. The van der Waals surface area contributed by atoms with Crippen molar-refractivity contribution in [3.63, 3.8) is 0 Å². The van der Waals surface area contributed by atoms with Crippen molar-refractivity contribution in [2.24, 2.45) is 0 Å². The minimum absolute atomic E-state index is 0.175. The van der Waals surface area contributed by atoms with Crippen LogP contribution in [0.4, 0.5) is 0 Å². The van der Waals surface area contributed by atoms with Crippen molar-refractivity contribution in [2.45, 2.75) is 20.3 Å². The molecular formula is C22H20O5. The number of carboxylic acids is 1. The molecule has 2 aromatic carbocycles. The number of hydrogen-bond acceptors (Lipinski definition) is 4. The van der Waals surface area contributed by atoms with Crippen LogP contribution >= 0.6 is 0 Å². The summed E-state index contributed by atoms with van der Waals surface area (Å²) >= 11 is 0. The van der Waals surface area contributed by atoms with E-state index in [9.17, 15) is 9.59 Å². The van der Waals surface area contributed by atoms with Crippen LogP contribution < -0.4 is 10.4 Å². The average Bonchev–Trinajstić information content (AvgIpc) is 2.65. The Morgan fingerprint density at radius 1 is 1.11 bits per heavy atom. The molecule has 1 aromatic heterocycles. The summed E-state index contributed by atoms with van der Waals surface area (Å²) in [7, 11) is 0. The summed E-state index contributed by atoms with van der Waals surface area (Å²) in [6, 6.07) is 13.5. The van der Waals surface area contributed by atoms with Crippen LogP contribution in [0.25, 0.3) is 17.0 Å². The van der Waals surface area contributed by atoms with Gasteiger partial charge in [-0.15, -0.1) is 0 Å². The topological polar surface area (TPSA) is 76.7 Å². The minimum Gasteiger partial charge on any atom is -0.489 e. The molecule has 3 aromatic rings. The van der Waals surface area contributed by atoms with E-state index in [1.54, 1.807) is 13.0 Å². The summed E-state index contributed by atoms with van der Waals surface area (Å²) in [6.45, 7) is 3.93. The molecule has 138 valence electrons. The van der Waals surface area contributed by atoms with Gasteiger partial charge in [0.1, 0.15) is 17.9 Å². The first-order chi connectivity index (χ1) is 13.0. The third kappa shape index (κ3) is 4.08. The molecule has 0 saturated heterocycles. The molecule has 1 N–H and O–H groups in total. The molecule has 0 aliphatic carbocycles. The van der Waals surface area contributed by atoms with Crippen molar-refractivity contribution in [2.75, 3.05) is 6.61 Å². The summed E-state index contributed by atoms with van der Waals surface area (Å²) in [5.41, 5.74) is 2.41. The SMILES string of the molecule is Cc1c(CC(=O)O)c(=O)oc2c(C)c(OCC=Cc3ccccc3)ccc12. The third-order valence-corrected chi connectivity index (χ3v) is 4.43. The molecule has 1 heterocycles. The van der Waals surface area contributed by atoms with Gasteiger partial charge in [-0.2, -0.15) is 0 Å². The Hall–Kier alpha value is -3.34. The molecule has 0 fully saturated rings. The first kappa shape index (κ1) is 18.5. The fraction of sp³-hybridized carbons (Fsp3) is 0.182. The van der Waals surface area contributed by atoms with Gasteiger partial charge in [0, 0.05) is 10.9 Å². The van der Waals surface area contributed by atoms with Crippen LogP contribution in [0.1, 0.15) is 22.3 Å². The van der Waals surface area contributed by atoms with E-state index < -0.39 is 11.6 Å². The smallest absolute Gasteiger partial charge is 0.340 e. The normalized spacial score (nSPS) is 11.2. The maximum Gasteiger partial charge on any atom is 0.340 e. The molecule has 0 aliphatic heterocycles. The Kier molecular flexibility index (Phi) is 5.41. The Labute approximate surface area is 156 Å². The zero-order valence-electron chi connectivity index (χ0n) is 15.2. The van der Waals surface area contributed by atoms with Crippen LogP contribution in [0.2, 0.25) is 0 Å². The van der Waals surface area contributed by atoms with Gasteiger partial charge in [0.25, 0.3) is 0 Å². The monoisotopic (exact) mass is 364 g/mol. The lowest BCUT2D eigenvalue weighted by atomic mass is 10.0. The second kappa shape index (κ2) is 7.91. The van der Waals surface area contributed by atoms with Crippen LogP contribution in [0, 0.1) is 13.8 Å². The van der Waals surface area contributed by atoms with E-state index in [2.05, 4.69) is 0 Å². The molecule has 0 atom stereocenters. The van der Waals surface area contributed by atoms with Gasteiger partial charge in [0.2, 0.25) is 0 Å². The molecule has 0 aliphatic rings. The first-order valence-electron chi connectivity index (χ1n) is 8.59. The highest BCUT2D eigenvalue weighted by Crippen LogP contribution is 2.29. The zero-order chi connectivity index (χ0) is 19.4. The number of benzene rings is 2. The van der Waals surface area contributed by atoms with Crippen LogP contribution in [0.5, 0.6) is 5.75 Å². The predicted molar refractivity (Wildman–Crippen MR) is 104 cm³/mol. The van der Waals surface area contributed by atoms with Gasteiger partial charge in [-0.25, -0.2) is 4.79 Å². The Morgan fingerprint density at radius 3 is 2.56 bits per heavy atom. The van der Waals surface area contributed by atoms with E-state index in [-0.39, 0.29) is 12.0 Å². The largest absolute Gasteiger partial charge is 0.489 e. The highest BCUT2D eigenvalue weighted by atomic mass is 16.5. The predicted octanol–water partition coefficient (Wildman–Crippen LogP) is 4.13. The Bertz CT molecular complexity index is 1060. The molecule has 5 heteroatoms. The lowest BCUT2D eigenvalue weighted by molar-refractivity contribution is -0.136. The fourth-order valence-electron chi connectivity index (χ4n) is 2.97. The molecule has 27 heavy (non-hydrogen) atoms. The summed E-state index contributed by atoms with van der Waals surface area (Å²) in [5.74, 6) is -0.444. The minimum atomic E-state index is -1.06. The molecular weight excluding hydrogens is 344 g/mol. The maximum atomic E-state index is 12.2. The lowest BCUT2D eigenvalue weighted by Crippen LogP contribution is -2.15. The average molecular weight is 364 g/mol. The highest BCUT2D eigenvalue weighted by Gasteiger charge is 2.17. The lowest BCUT2D eigenvalue weighted by Gasteiger charge is -2.12. The molecule has 0 unspecified atom stereocenters. The molecule has 0 spiro atoms. The molecule has 3 rings (SSSR count). The van der Waals surface area contributed by atoms with Crippen molar-refractivity contribution in [3.8, 4) is 5.75 Å². The number of ether oxygens (including phenoxy) is 1. The van der Waals surface area contributed by atoms with E-state index in [1.165, 1.54) is 0 Å². The Morgan fingerprint density at radius 2 is 1.85 bits per heavy atom. The van der Waals surface area contributed by atoms with E-state index in [0.29, 0.717) is 29.1 Å². The second-order valence-corrected chi connectivity index (χ2v) is 6.25. The van der Waals surface area contributed by atoms with Crippen LogP contribution in [0.3, 0.4) is 0 Å². The number of aliphatic carboxylic acids is 1. The quantitative estimate of drug-likeness (QED) is 0.666. The summed E-state index contributed by atoms with van der Waals surface area (Å²) in [6.07, 6.45) is 3.53. The molecule has 0 amide bonds. The van der Waals surface area contributed by atoms with Crippen molar-refractivity contribution in [1.82, 2.24) is 0 Å². The van der Waals surface area contributed by atoms with Crippen LogP contribution in [0.15, 0.2) is 57.8 Å². The fourth-order valence-corrected chi connectivity index (χ4v) is 2.97. The number of fused-ring (bicyclic) bond motifs is 1. The summed E-state index contributed by atoms with van der Waals surface area (Å²) in [5, 5.41) is 9.70. The van der Waals surface area contributed by atoms with E-state index >= 15 is 0 Å². The third-order valence-electron chi connectivity index (χ3n) is 4.43. The molecule has 0 bridgehead atoms. The van der Waals surface area contributed by atoms with Crippen LogP contribution in [-0.4, -0.2) is 17.7 Å². The van der Waals surface area contributed by atoms with Gasteiger partial charge in [-0.1, -0.05) is 36.4 Å². The van der Waals surface area contributed by atoms with Gasteiger partial charge < -0.3 is 14.3 Å². The second-order valence-electron chi connectivity index (χ2n) is 6.25. The van der Waals surface area contributed by atoms with Gasteiger partial charge in [0.05, 0.1) is 12.0 Å². The van der Waals surface area contributed by atoms with Gasteiger partial charge >= 0.3 is 11.6 Å². The molecule has 5 nitrogen and oxygen atoms in total. The zero-order valence-corrected chi connectivity index (χ0v) is 15.2. The number of hydrogen-bond donors (Lipinski definition) is 1. The highest BCUT2D eigenvalue weighted by molar-refractivity contribution is 5.86. The molecule has 0 saturated carbocycles. The van der Waals surface area contributed by atoms with E-state index in [4.69, 9.17) is 14.3 Å². The van der Waals surface area contributed by atoms with Gasteiger partial charge in [-0.3, -0.25) is 4.79 Å². The number of carboxylic acid groups (broad SMARTS) is 1. The number of rotatable bonds is 6. The first-order valence-corrected chi connectivity index (χ1v) is 8.59. The van der Waals surface area contributed by atoms with Gasteiger partial charge in [0.15, 0.2) is 0 Å². The van der Waals surface area contributed by atoms with Crippen molar-refractivity contribution >= 4 is 23.0 Å². The van der Waals surface area contributed by atoms with E-state index in [1.807, 2.05) is 55.5 Å². The summed E-state index contributed by atoms with van der Waals surface area (Å²) in [4.78, 5) is 23.2. The van der Waals surface area contributed by atoms with Crippen LogP contribution in [-0.2, 0) is 11.2 Å². The van der Waals surface area contributed by atoms with Crippen molar-refractivity contribution < 1.29 is 19.1 Å². The van der Waals surface area contributed by atoms with E-state index in [0.717, 1.165) is 10.9 Å². The number of carbonyl (C=O) groups is 1. The van der Waals surface area contributed by atoms with Crippen molar-refractivity contribution in [1.29, 1.82) is 0 Å². The molecule has 0 radical (unpaired) electrons. The number of aryl methyl sites for hydroxylation is 2. The standard InChI is InChI=1S/C22H20O5/c1-14-17-10-11-19(26-12-6-9-16-7-4-3-5-8-16)15(2)21(17)27-22(25)18(14)13-20(23)24/h3-11H,12-13H2,1-2H3,(H,23,24). The Balaban J connectivity index is 1.86.